The van der Waals surface area contributed by atoms with Gasteiger partial charge in [0.15, 0.2) is 0 Å². The normalized spacial score (nSPS) is 11.4. The zero-order valence-corrected chi connectivity index (χ0v) is 18.0. The standard InChI is InChI=1S/C25H24N4O3/c1-3-14-29-21-20(23(31)27-24(29)32)15-17(16-26-21)22(30)28-25(2,18-10-6-4-7-11-18)19-12-8-5-9-13-19/h4-13,15-16H,3,14H2,1-2H3,(H,28,30)(H,27,31,32). The van der Waals surface area contributed by atoms with Gasteiger partial charge in [0.1, 0.15) is 5.65 Å². The molecule has 0 radical (unpaired) electrons. The first kappa shape index (κ1) is 21.2. The van der Waals surface area contributed by atoms with Crippen molar-refractivity contribution in [2.75, 3.05) is 0 Å². The second-order valence-electron chi connectivity index (χ2n) is 7.82. The van der Waals surface area contributed by atoms with Gasteiger partial charge in [-0.3, -0.25) is 19.1 Å². The van der Waals surface area contributed by atoms with Crippen LogP contribution < -0.4 is 16.6 Å². The molecule has 0 unspecified atom stereocenters. The molecule has 32 heavy (non-hydrogen) atoms. The largest absolute Gasteiger partial charge is 0.339 e. The van der Waals surface area contributed by atoms with Crippen LogP contribution in [0.15, 0.2) is 82.5 Å². The second kappa shape index (κ2) is 8.63. The van der Waals surface area contributed by atoms with E-state index >= 15 is 0 Å². The molecule has 0 saturated carbocycles. The fraction of sp³-hybridized carbons (Fsp3) is 0.200. The summed E-state index contributed by atoms with van der Waals surface area (Å²) < 4.78 is 1.41. The van der Waals surface area contributed by atoms with Gasteiger partial charge in [-0.15, -0.1) is 0 Å². The fourth-order valence-electron chi connectivity index (χ4n) is 3.88. The van der Waals surface area contributed by atoms with E-state index in [1.807, 2.05) is 74.5 Å². The zero-order chi connectivity index (χ0) is 22.7. The van der Waals surface area contributed by atoms with Gasteiger partial charge in [-0.2, -0.15) is 0 Å². The molecule has 2 heterocycles. The van der Waals surface area contributed by atoms with E-state index in [-0.39, 0.29) is 22.5 Å². The van der Waals surface area contributed by atoms with Crippen molar-refractivity contribution in [3.63, 3.8) is 0 Å². The van der Waals surface area contributed by atoms with Crippen molar-refractivity contribution in [3.8, 4) is 0 Å². The van der Waals surface area contributed by atoms with Gasteiger partial charge >= 0.3 is 5.69 Å². The van der Waals surface area contributed by atoms with Crippen LogP contribution in [-0.4, -0.2) is 20.4 Å². The summed E-state index contributed by atoms with van der Waals surface area (Å²) in [5, 5.41) is 3.32. The Bertz CT molecular complexity index is 1340. The number of hydrogen-bond donors (Lipinski definition) is 2. The number of hydrogen-bond acceptors (Lipinski definition) is 4. The van der Waals surface area contributed by atoms with Crippen molar-refractivity contribution in [1.82, 2.24) is 19.9 Å². The first-order valence-corrected chi connectivity index (χ1v) is 10.5. The van der Waals surface area contributed by atoms with Gasteiger partial charge < -0.3 is 5.32 Å². The Morgan fingerprint density at radius 3 is 2.19 bits per heavy atom. The number of fused-ring (bicyclic) bond motifs is 1. The van der Waals surface area contributed by atoms with Crippen LogP contribution >= 0.6 is 0 Å². The molecule has 162 valence electrons. The maximum Gasteiger partial charge on any atom is 0.329 e. The van der Waals surface area contributed by atoms with Crippen molar-refractivity contribution in [2.45, 2.75) is 32.4 Å². The number of H-pyrrole nitrogens is 1. The summed E-state index contributed by atoms with van der Waals surface area (Å²) in [4.78, 5) is 44.5. The van der Waals surface area contributed by atoms with Gasteiger partial charge in [0, 0.05) is 12.7 Å². The Kier molecular flexibility index (Phi) is 5.73. The molecular formula is C25H24N4O3. The Labute approximate surface area is 184 Å². The molecule has 0 aliphatic rings. The Morgan fingerprint density at radius 1 is 1.03 bits per heavy atom. The summed E-state index contributed by atoms with van der Waals surface area (Å²) in [7, 11) is 0. The molecule has 0 aliphatic carbocycles. The van der Waals surface area contributed by atoms with E-state index < -0.39 is 16.8 Å². The Morgan fingerprint density at radius 2 is 1.62 bits per heavy atom. The van der Waals surface area contributed by atoms with Gasteiger partial charge in [-0.25, -0.2) is 9.78 Å². The highest BCUT2D eigenvalue weighted by atomic mass is 16.2. The van der Waals surface area contributed by atoms with E-state index in [2.05, 4.69) is 15.3 Å². The molecule has 0 saturated heterocycles. The summed E-state index contributed by atoms with van der Waals surface area (Å²) in [5.74, 6) is -0.373. The first-order valence-electron chi connectivity index (χ1n) is 10.5. The predicted octanol–water partition coefficient (Wildman–Crippen LogP) is 3.19. The van der Waals surface area contributed by atoms with E-state index in [4.69, 9.17) is 0 Å². The number of nitrogens with one attached hydrogen (secondary N) is 2. The summed E-state index contributed by atoms with van der Waals surface area (Å²) in [6.07, 6.45) is 2.11. The number of benzene rings is 2. The van der Waals surface area contributed by atoms with E-state index in [1.54, 1.807) is 0 Å². The number of carbonyl (C=O) groups excluding carboxylic acids is 1. The van der Waals surface area contributed by atoms with E-state index in [0.29, 0.717) is 13.0 Å². The van der Waals surface area contributed by atoms with Crippen LogP contribution in [0.5, 0.6) is 0 Å². The van der Waals surface area contributed by atoms with E-state index in [0.717, 1.165) is 11.1 Å². The lowest BCUT2D eigenvalue weighted by atomic mass is 9.84. The van der Waals surface area contributed by atoms with Crippen LogP contribution in [0.1, 0.15) is 41.8 Å². The summed E-state index contributed by atoms with van der Waals surface area (Å²) in [6, 6.07) is 20.9. The third kappa shape index (κ3) is 3.85. The van der Waals surface area contributed by atoms with Crippen molar-refractivity contribution in [1.29, 1.82) is 0 Å². The molecule has 0 fully saturated rings. The van der Waals surface area contributed by atoms with Crippen LogP contribution in [0.25, 0.3) is 11.0 Å². The Balaban J connectivity index is 1.78. The molecule has 2 aromatic heterocycles. The average molecular weight is 428 g/mol. The van der Waals surface area contributed by atoms with Gasteiger partial charge in [-0.1, -0.05) is 67.6 Å². The van der Waals surface area contributed by atoms with E-state index in [1.165, 1.54) is 16.8 Å². The van der Waals surface area contributed by atoms with Crippen LogP contribution in [0.2, 0.25) is 0 Å². The third-order valence-electron chi connectivity index (χ3n) is 5.61. The molecular weight excluding hydrogens is 404 g/mol. The lowest BCUT2D eigenvalue weighted by molar-refractivity contribution is 0.0919. The number of carbonyl (C=O) groups is 1. The summed E-state index contributed by atoms with van der Waals surface area (Å²) >= 11 is 0. The number of aryl methyl sites for hydroxylation is 1. The van der Waals surface area contributed by atoms with E-state index in [9.17, 15) is 14.4 Å². The van der Waals surface area contributed by atoms with Gasteiger partial charge in [-0.05, 0) is 30.5 Å². The highest BCUT2D eigenvalue weighted by Gasteiger charge is 2.31. The lowest BCUT2D eigenvalue weighted by Crippen LogP contribution is -2.44. The van der Waals surface area contributed by atoms with Crippen LogP contribution in [0.4, 0.5) is 0 Å². The Hall–Kier alpha value is -4.00. The summed E-state index contributed by atoms with van der Waals surface area (Å²) in [6.45, 7) is 4.29. The maximum atomic E-state index is 13.3. The molecule has 0 aliphatic heterocycles. The molecule has 0 bridgehead atoms. The van der Waals surface area contributed by atoms with Gasteiger partial charge in [0.05, 0.1) is 16.5 Å². The number of amides is 1. The van der Waals surface area contributed by atoms with Gasteiger partial charge in [0.2, 0.25) is 0 Å². The predicted molar refractivity (Wildman–Crippen MR) is 124 cm³/mol. The minimum absolute atomic E-state index is 0.201. The summed E-state index contributed by atoms with van der Waals surface area (Å²) in [5.41, 5.74) is 0.477. The molecule has 7 heteroatoms. The smallest absolute Gasteiger partial charge is 0.329 e. The number of rotatable bonds is 6. The zero-order valence-electron chi connectivity index (χ0n) is 18.0. The first-order chi connectivity index (χ1) is 15.4. The molecule has 2 N–H and O–H groups in total. The molecule has 0 atom stereocenters. The number of aromatic amines is 1. The van der Waals surface area contributed by atoms with Crippen molar-refractivity contribution in [3.05, 3.63) is 110 Å². The van der Waals surface area contributed by atoms with Crippen molar-refractivity contribution < 1.29 is 4.79 Å². The molecule has 0 spiro atoms. The number of aromatic nitrogens is 3. The highest BCUT2D eigenvalue weighted by Crippen LogP contribution is 2.29. The number of nitrogens with zero attached hydrogens (tertiary/aromatic N) is 2. The minimum Gasteiger partial charge on any atom is -0.339 e. The van der Waals surface area contributed by atoms with Crippen LogP contribution in [0.3, 0.4) is 0 Å². The van der Waals surface area contributed by atoms with Crippen molar-refractivity contribution in [2.24, 2.45) is 0 Å². The van der Waals surface area contributed by atoms with Crippen molar-refractivity contribution >= 4 is 16.9 Å². The maximum absolute atomic E-state index is 13.3. The average Bonchev–Trinajstić information content (AvgIpc) is 2.82. The van der Waals surface area contributed by atoms with Crippen LogP contribution in [-0.2, 0) is 12.1 Å². The van der Waals surface area contributed by atoms with Crippen LogP contribution in [0, 0.1) is 0 Å². The number of pyridine rings is 1. The fourth-order valence-corrected chi connectivity index (χ4v) is 3.88. The quantitative estimate of drug-likeness (QED) is 0.493. The molecule has 1 amide bonds. The molecule has 2 aromatic carbocycles. The highest BCUT2D eigenvalue weighted by molar-refractivity contribution is 5.97. The lowest BCUT2D eigenvalue weighted by Gasteiger charge is -2.32. The topological polar surface area (TPSA) is 96.9 Å². The third-order valence-corrected chi connectivity index (χ3v) is 5.61. The second-order valence-corrected chi connectivity index (χ2v) is 7.82. The molecule has 7 nitrogen and oxygen atoms in total. The minimum atomic E-state index is -0.804. The molecule has 4 rings (SSSR count). The monoisotopic (exact) mass is 428 g/mol. The van der Waals surface area contributed by atoms with Gasteiger partial charge in [0.25, 0.3) is 11.5 Å². The molecule has 4 aromatic rings. The SMILES string of the molecule is CCCn1c(=O)[nH]c(=O)c2cc(C(=O)NC(C)(c3ccccc3)c3ccccc3)cnc21.